The average Bonchev–Trinajstić information content (AvgIpc) is 2.47. The molecule has 0 aromatic heterocycles. The van der Waals surface area contributed by atoms with Gasteiger partial charge in [-0.2, -0.15) is 0 Å². The highest BCUT2D eigenvalue weighted by molar-refractivity contribution is 5.89. The fourth-order valence-corrected chi connectivity index (χ4v) is 2.88. The Morgan fingerprint density at radius 2 is 2.00 bits per heavy atom. The van der Waals surface area contributed by atoms with Crippen LogP contribution in [0.4, 0.5) is 0 Å². The van der Waals surface area contributed by atoms with Crippen molar-refractivity contribution in [3.05, 3.63) is 47.0 Å². The van der Waals surface area contributed by atoms with Gasteiger partial charge in [0, 0.05) is 11.5 Å². The number of rotatable bonds is 3. The van der Waals surface area contributed by atoms with Crippen molar-refractivity contribution in [1.82, 2.24) is 0 Å². The largest absolute Gasteiger partial charge is 0.463 e. The van der Waals surface area contributed by atoms with Gasteiger partial charge in [0.2, 0.25) is 0 Å². The number of esters is 1. The Morgan fingerprint density at radius 1 is 1.26 bits per heavy atom. The maximum absolute atomic E-state index is 11.9. The van der Waals surface area contributed by atoms with Gasteiger partial charge in [0.05, 0.1) is 6.61 Å². The van der Waals surface area contributed by atoms with Gasteiger partial charge in [-0.25, -0.2) is 4.79 Å². The Labute approximate surface area is 115 Å². The molecule has 1 aliphatic carbocycles. The lowest BCUT2D eigenvalue weighted by atomic mass is 9.78. The molecule has 0 amide bonds. The van der Waals surface area contributed by atoms with Crippen LogP contribution in [0.3, 0.4) is 0 Å². The van der Waals surface area contributed by atoms with Crippen LogP contribution in [0.5, 0.6) is 0 Å². The van der Waals surface area contributed by atoms with Gasteiger partial charge < -0.3 is 4.74 Å². The third kappa shape index (κ3) is 3.25. The molecule has 2 nitrogen and oxygen atoms in total. The highest BCUT2D eigenvalue weighted by atomic mass is 16.5. The summed E-state index contributed by atoms with van der Waals surface area (Å²) < 4.78 is 5.14. The molecule has 0 saturated heterocycles. The van der Waals surface area contributed by atoms with Crippen molar-refractivity contribution in [2.75, 3.05) is 6.61 Å². The van der Waals surface area contributed by atoms with Crippen molar-refractivity contribution < 1.29 is 9.53 Å². The number of hydrogen-bond donors (Lipinski definition) is 0. The van der Waals surface area contributed by atoms with Gasteiger partial charge in [-0.1, -0.05) is 42.3 Å². The molecular formula is C17H22O2. The first-order valence-corrected chi connectivity index (χ1v) is 7.15. The van der Waals surface area contributed by atoms with Crippen LogP contribution in [0.25, 0.3) is 0 Å². The summed E-state index contributed by atoms with van der Waals surface area (Å²) in [6.45, 7) is 4.21. The van der Waals surface area contributed by atoms with Crippen LogP contribution >= 0.6 is 0 Å². The maximum atomic E-state index is 11.9. The molecule has 0 radical (unpaired) electrons. The van der Waals surface area contributed by atoms with E-state index in [4.69, 9.17) is 4.74 Å². The quantitative estimate of drug-likeness (QED) is 0.599. The first kappa shape index (κ1) is 13.9. The van der Waals surface area contributed by atoms with Crippen molar-refractivity contribution in [2.45, 2.75) is 45.4 Å². The molecule has 1 fully saturated rings. The minimum atomic E-state index is -0.152. The standard InChI is InChI=1S/C17H22O2/c1-3-19-17(18)13(2)15-11-7-8-12-16(15)14-9-5-4-6-10-14/h4-6,9-10,16H,3,7-8,11-12H2,1-2H3/b15-13-. The zero-order valence-corrected chi connectivity index (χ0v) is 11.8. The molecule has 0 bridgehead atoms. The number of ether oxygens (including phenoxy) is 1. The molecule has 1 saturated carbocycles. The summed E-state index contributed by atoms with van der Waals surface area (Å²) in [4.78, 5) is 11.9. The normalized spacial score (nSPS) is 21.9. The molecule has 1 atom stereocenters. The van der Waals surface area contributed by atoms with E-state index in [0.717, 1.165) is 18.4 Å². The van der Waals surface area contributed by atoms with E-state index < -0.39 is 0 Å². The first-order valence-electron chi connectivity index (χ1n) is 7.15. The van der Waals surface area contributed by atoms with Gasteiger partial charge in [-0.05, 0) is 38.7 Å². The maximum Gasteiger partial charge on any atom is 0.333 e. The summed E-state index contributed by atoms with van der Waals surface area (Å²) in [6.07, 6.45) is 4.56. The summed E-state index contributed by atoms with van der Waals surface area (Å²) in [5, 5.41) is 0. The number of hydrogen-bond acceptors (Lipinski definition) is 2. The van der Waals surface area contributed by atoms with Crippen molar-refractivity contribution in [3.63, 3.8) is 0 Å². The van der Waals surface area contributed by atoms with Crippen LogP contribution in [-0.2, 0) is 9.53 Å². The molecule has 0 spiro atoms. The van der Waals surface area contributed by atoms with E-state index in [-0.39, 0.29) is 5.97 Å². The third-order valence-electron chi connectivity index (χ3n) is 3.87. The van der Waals surface area contributed by atoms with Crippen molar-refractivity contribution in [3.8, 4) is 0 Å². The van der Waals surface area contributed by atoms with Gasteiger partial charge in [-0.15, -0.1) is 0 Å². The third-order valence-corrected chi connectivity index (χ3v) is 3.87. The monoisotopic (exact) mass is 258 g/mol. The Hall–Kier alpha value is -1.57. The number of allylic oxidation sites excluding steroid dienone is 1. The molecule has 2 heteroatoms. The molecule has 1 aliphatic rings. The van der Waals surface area contributed by atoms with Gasteiger partial charge in [-0.3, -0.25) is 0 Å². The lowest BCUT2D eigenvalue weighted by molar-refractivity contribution is -0.138. The van der Waals surface area contributed by atoms with Crippen LogP contribution in [-0.4, -0.2) is 12.6 Å². The second kappa shape index (κ2) is 6.55. The fourth-order valence-electron chi connectivity index (χ4n) is 2.88. The number of carbonyl (C=O) groups excluding carboxylic acids is 1. The summed E-state index contributed by atoms with van der Waals surface area (Å²) >= 11 is 0. The van der Waals surface area contributed by atoms with E-state index in [1.165, 1.54) is 24.0 Å². The molecule has 1 unspecified atom stereocenters. The van der Waals surface area contributed by atoms with Crippen LogP contribution in [0.1, 0.15) is 51.0 Å². The molecular weight excluding hydrogens is 236 g/mol. The van der Waals surface area contributed by atoms with Crippen LogP contribution in [0.15, 0.2) is 41.5 Å². The van der Waals surface area contributed by atoms with E-state index in [0.29, 0.717) is 12.5 Å². The Balaban J connectivity index is 2.30. The summed E-state index contributed by atoms with van der Waals surface area (Å²) in [7, 11) is 0. The van der Waals surface area contributed by atoms with Gasteiger partial charge >= 0.3 is 5.97 Å². The van der Waals surface area contributed by atoms with Crippen LogP contribution in [0.2, 0.25) is 0 Å². The van der Waals surface area contributed by atoms with E-state index in [9.17, 15) is 4.79 Å². The summed E-state index contributed by atoms with van der Waals surface area (Å²) in [6, 6.07) is 10.5. The van der Waals surface area contributed by atoms with Crippen LogP contribution < -0.4 is 0 Å². The predicted molar refractivity (Wildman–Crippen MR) is 77.0 cm³/mol. The highest BCUT2D eigenvalue weighted by Crippen LogP contribution is 2.39. The van der Waals surface area contributed by atoms with Crippen molar-refractivity contribution >= 4 is 5.97 Å². The lowest BCUT2D eigenvalue weighted by Crippen LogP contribution is -2.15. The Kier molecular flexibility index (Phi) is 4.78. The van der Waals surface area contributed by atoms with Crippen molar-refractivity contribution in [1.29, 1.82) is 0 Å². The molecule has 2 rings (SSSR count). The molecule has 1 aromatic carbocycles. The number of carbonyl (C=O) groups is 1. The van der Waals surface area contributed by atoms with Crippen LogP contribution in [0, 0.1) is 0 Å². The first-order chi connectivity index (χ1) is 9.24. The number of benzene rings is 1. The fraction of sp³-hybridized carbons (Fsp3) is 0.471. The molecule has 1 aromatic rings. The van der Waals surface area contributed by atoms with Gasteiger partial charge in [0.15, 0.2) is 0 Å². The van der Waals surface area contributed by atoms with E-state index in [1.54, 1.807) is 0 Å². The SMILES string of the molecule is CCOC(=O)/C(C)=C1/CCCCC1c1ccccc1. The summed E-state index contributed by atoms with van der Waals surface area (Å²) in [5.74, 6) is 0.236. The molecule has 102 valence electrons. The molecule has 0 N–H and O–H groups in total. The van der Waals surface area contributed by atoms with Gasteiger partial charge in [0.25, 0.3) is 0 Å². The van der Waals surface area contributed by atoms with Gasteiger partial charge in [0.1, 0.15) is 0 Å². The minimum Gasteiger partial charge on any atom is -0.463 e. The zero-order chi connectivity index (χ0) is 13.7. The Morgan fingerprint density at radius 3 is 2.68 bits per heavy atom. The lowest BCUT2D eigenvalue weighted by Gasteiger charge is -2.27. The average molecular weight is 258 g/mol. The second-order valence-corrected chi connectivity index (χ2v) is 5.08. The molecule has 0 heterocycles. The minimum absolute atomic E-state index is 0.152. The topological polar surface area (TPSA) is 26.3 Å². The molecule has 0 aliphatic heterocycles. The van der Waals surface area contributed by atoms with E-state index in [2.05, 4.69) is 24.3 Å². The van der Waals surface area contributed by atoms with E-state index in [1.807, 2.05) is 19.9 Å². The second-order valence-electron chi connectivity index (χ2n) is 5.08. The molecule has 19 heavy (non-hydrogen) atoms. The highest BCUT2D eigenvalue weighted by Gasteiger charge is 2.24. The zero-order valence-electron chi connectivity index (χ0n) is 11.8. The van der Waals surface area contributed by atoms with E-state index >= 15 is 0 Å². The predicted octanol–water partition coefficient (Wildman–Crippen LogP) is 4.22. The smallest absolute Gasteiger partial charge is 0.333 e. The van der Waals surface area contributed by atoms with Crippen molar-refractivity contribution in [2.24, 2.45) is 0 Å². The summed E-state index contributed by atoms with van der Waals surface area (Å²) in [5.41, 5.74) is 3.41. The Bertz CT molecular complexity index is 459.